The third kappa shape index (κ3) is 10.8. The molecule has 7 heteroatoms. The summed E-state index contributed by atoms with van der Waals surface area (Å²) in [6, 6.07) is 17.7. The second-order valence-electron chi connectivity index (χ2n) is 5.30. The van der Waals surface area contributed by atoms with Crippen LogP contribution < -0.4 is 0 Å². The molecular weight excluding hydrogens is 424 g/mol. The zero-order valence-corrected chi connectivity index (χ0v) is 17.1. The number of carbonyl (C=O) groups excluding carboxylic acids is 2. The molecule has 0 aliphatic rings. The van der Waals surface area contributed by atoms with Gasteiger partial charge in [0.1, 0.15) is 11.5 Å². The Morgan fingerprint density at radius 2 is 1.03 bits per heavy atom. The zero-order chi connectivity index (χ0) is 20.8. The van der Waals surface area contributed by atoms with Gasteiger partial charge in [0, 0.05) is 28.2 Å². The number of aliphatic hydroxyl groups is 2. The Morgan fingerprint density at radius 3 is 1.31 bits per heavy atom. The van der Waals surface area contributed by atoms with Gasteiger partial charge in [-0.15, -0.1) is 0 Å². The molecule has 0 fully saturated rings. The molecule has 0 aliphatic carbocycles. The monoisotopic (exact) mass is 447 g/mol. The van der Waals surface area contributed by atoms with Crippen molar-refractivity contribution in [2.75, 3.05) is 13.2 Å². The summed E-state index contributed by atoms with van der Waals surface area (Å²) in [5, 5.41) is 19.0. The average molecular weight is 448 g/mol. The van der Waals surface area contributed by atoms with Crippen molar-refractivity contribution in [1.29, 1.82) is 0 Å². The van der Waals surface area contributed by atoms with Crippen LogP contribution in [0.4, 0.5) is 0 Å². The van der Waals surface area contributed by atoms with Crippen LogP contribution in [0.15, 0.2) is 72.8 Å². The van der Waals surface area contributed by atoms with Gasteiger partial charge >= 0.3 is 11.9 Å². The largest absolute Gasteiger partial charge is 0.507 e. The van der Waals surface area contributed by atoms with Crippen LogP contribution in [0.2, 0.25) is 0 Å². The van der Waals surface area contributed by atoms with Crippen molar-refractivity contribution in [1.82, 2.24) is 0 Å². The SMILES string of the molecule is CCOC(=O)/C=C(\O)c1ccccc1.CCOC(=O)/C=C(\O)c1ccccc1.[Cu]. The van der Waals surface area contributed by atoms with E-state index in [-0.39, 0.29) is 28.6 Å². The van der Waals surface area contributed by atoms with E-state index in [0.717, 1.165) is 12.2 Å². The van der Waals surface area contributed by atoms with Gasteiger partial charge in [-0.1, -0.05) is 60.7 Å². The van der Waals surface area contributed by atoms with Crippen LogP contribution in [0.25, 0.3) is 11.5 Å². The van der Waals surface area contributed by atoms with E-state index in [9.17, 15) is 19.8 Å². The van der Waals surface area contributed by atoms with Crippen molar-refractivity contribution < 1.29 is 46.3 Å². The topological polar surface area (TPSA) is 93.1 Å². The Morgan fingerprint density at radius 1 is 0.724 bits per heavy atom. The minimum atomic E-state index is -0.533. The van der Waals surface area contributed by atoms with Crippen molar-refractivity contribution in [2.24, 2.45) is 0 Å². The van der Waals surface area contributed by atoms with Crippen molar-refractivity contribution in [3.63, 3.8) is 0 Å². The number of ether oxygens (including phenoxy) is 2. The van der Waals surface area contributed by atoms with E-state index in [4.69, 9.17) is 0 Å². The smallest absolute Gasteiger partial charge is 0.334 e. The summed E-state index contributed by atoms with van der Waals surface area (Å²) in [5.74, 6) is -1.23. The molecule has 2 aromatic carbocycles. The maximum Gasteiger partial charge on any atom is 0.334 e. The molecule has 0 heterocycles. The Hall–Kier alpha value is -3.02. The number of aliphatic hydroxyl groups excluding tert-OH is 2. The van der Waals surface area contributed by atoms with Gasteiger partial charge in [-0.05, 0) is 13.8 Å². The van der Waals surface area contributed by atoms with Crippen LogP contribution in [0.1, 0.15) is 25.0 Å². The van der Waals surface area contributed by atoms with Gasteiger partial charge in [-0.25, -0.2) is 9.59 Å². The molecule has 0 aromatic heterocycles. The van der Waals surface area contributed by atoms with Gasteiger partial charge in [0.05, 0.1) is 25.4 Å². The number of benzene rings is 2. The van der Waals surface area contributed by atoms with Crippen molar-refractivity contribution >= 4 is 23.5 Å². The van der Waals surface area contributed by atoms with Gasteiger partial charge in [0.25, 0.3) is 0 Å². The van der Waals surface area contributed by atoms with Gasteiger partial charge in [0.15, 0.2) is 0 Å². The molecule has 0 bridgehead atoms. The van der Waals surface area contributed by atoms with Gasteiger partial charge in [-0.3, -0.25) is 0 Å². The minimum Gasteiger partial charge on any atom is -0.507 e. The van der Waals surface area contributed by atoms with Gasteiger partial charge in [-0.2, -0.15) is 0 Å². The van der Waals surface area contributed by atoms with Crippen molar-refractivity contribution in [2.45, 2.75) is 13.8 Å². The fourth-order valence-electron chi connectivity index (χ4n) is 1.98. The summed E-state index contributed by atoms with van der Waals surface area (Å²) in [6.07, 6.45) is 2.14. The Bertz CT molecular complexity index is 731. The molecule has 0 unspecified atom stereocenters. The predicted molar refractivity (Wildman–Crippen MR) is 107 cm³/mol. The zero-order valence-electron chi connectivity index (χ0n) is 16.2. The van der Waals surface area contributed by atoms with Crippen LogP contribution in [0.3, 0.4) is 0 Å². The van der Waals surface area contributed by atoms with E-state index in [1.807, 2.05) is 12.1 Å². The Balaban J connectivity index is 0.000000523. The van der Waals surface area contributed by atoms with Crippen LogP contribution in [0, 0.1) is 0 Å². The molecule has 0 spiro atoms. The van der Waals surface area contributed by atoms with E-state index >= 15 is 0 Å². The second-order valence-corrected chi connectivity index (χ2v) is 5.30. The maximum absolute atomic E-state index is 11.0. The Kier molecular flexibility index (Phi) is 13.4. The molecule has 6 nitrogen and oxygen atoms in total. The molecule has 0 saturated carbocycles. The predicted octanol–water partition coefficient (Wildman–Crippen LogP) is 4.29. The molecule has 2 aromatic rings. The first-order valence-corrected chi connectivity index (χ1v) is 8.73. The fourth-order valence-corrected chi connectivity index (χ4v) is 1.98. The fraction of sp³-hybridized carbons (Fsp3) is 0.182. The normalized spacial score (nSPS) is 10.7. The van der Waals surface area contributed by atoms with Crippen LogP contribution in [-0.2, 0) is 36.1 Å². The molecule has 1 radical (unpaired) electrons. The minimum absolute atomic E-state index is 0. The summed E-state index contributed by atoms with van der Waals surface area (Å²) in [6.45, 7) is 4.03. The number of rotatable bonds is 6. The number of hydrogen-bond donors (Lipinski definition) is 2. The first-order valence-electron chi connectivity index (χ1n) is 8.73. The first-order chi connectivity index (χ1) is 13.5. The summed E-state index contributed by atoms with van der Waals surface area (Å²) in [7, 11) is 0. The summed E-state index contributed by atoms with van der Waals surface area (Å²) >= 11 is 0. The van der Waals surface area contributed by atoms with Crippen LogP contribution >= 0.6 is 0 Å². The second kappa shape index (κ2) is 15.0. The average Bonchev–Trinajstić information content (AvgIpc) is 2.70. The third-order valence-corrected chi connectivity index (χ3v) is 3.22. The third-order valence-electron chi connectivity index (χ3n) is 3.22. The van der Waals surface area contributed by atoms with E-state index in [0.29, 0.717) is 24.3 Å². The van der Waals surface area contributed by atoms with E-state index in [1.165, 1.54) is 0 Å². The molecule has 29 heavy (non-hydrogen) atoms. The number of hydrogen-bond acceptors (Lipinski definition) is 6. The quantitative estimate of drug-likeness (QED) is 0.297. The number of carbonyl (C=O) groups is 2. The van der Waals surface area contributed by atoms with Crippen LogP contribution in [0.5, 0.6) is 0 Å². The van der Waals surface area contributed by atoms with Crippen LogP contribution in [-0.4, -0.2) is 35.4 Å². The van der Waals surface area contributed by atoms with Crippen molar-refractivity contribution in [3.05, 3.63) is 83.9 Å². The molecule has 0 atom stereocenters. The summed E-state index contributed by atoms with van der Waals surface area (Å²) in [5.41, 5.74) is 1.20. The maximum atomic E-state index is 11.0. The number of esters is 2. The van der Waals surface area contributed by atoms with E-state index in [2.05, 4.69) is 9.47 Å². The molecule has 0 aliphatic heterocycles. The molecule has 2 rings (SSSR count). The van der Waals surface area contributed by atoms with E-state index in [1.54, 1.807) is 62.4 Å². The first kappa shape index (κ1) is 26.0. The molecule has 2 N–H and O–H groups in total. The Labute approximate surface area is 180 Å². The molecule has 0 saturated heterocycles. The van der Waals surface area contributed by atoms with E-state index < -0.39 is 11.9 Å². The summed E-state index contributed by atoms with van der Waals surface area (Å²) < 4.78 is 9.32. The standard InChI is InChI=1S/2C11H12O3.Cu/c2*1-2-14-11(13)8-10(12)9-6-4-3-5-7-9;/h2*3-8,12H,2H2,1H3;/b2*10-8-;. The van der Waals surface area contributed by atoms with Crippen molar-refractivity contribution in [3.8, 4) is 0 Å². The molecule has 159 valence electrons. The molecular formula is C22H24CuO6. The van der Waals surface area contributed by atoms with Gasteiger partial charge < -0.3 is 19.7 Å². The summed E-state index contributed by atoms with van der Waals surface area (Å²) in [4.78, 5) is 21.9. The molecule has 0 amide bonds. The van der Waals surface area contributed by atoms with Gasteiger partial charge in [0.2, 0.25) is 0 Å².